The second kappa shape index (κ2) is 11.9. The number of benzene rings is 2. The summed E-state index contributed by atoms with van der Waals surface area (Å²) in [7, 11) is -2.26. The Morgan fingerprint density at radius 3 is 2.53 bits per heavy atom. The maximum absolute atomic E-state index is 14.1. The zero-order valence-electron chi connectivity index (χ0n) is 27.2. The summed E-state index contributed by atoms with van der Waals surface area (Å²) in [6.45, 7) is 15.9. The number of terminal acetylenes is 1. The second-order valence-electron chi connectivity index (χ2n) is 14.2. The summed E-state index contributed by atoms with van der Waals surface area (Å²) in [5.41, 5.74) is 11.3. The fraction of sp³-hybridized carbons (Fsp3) is 0.389. The first kappa shape index (κ1) is 32.7. The van der Waals surface area contributed by atoms with Gasteiger partial charge in [-0.05, 0) is 66.0 Å². The molecule has 45 heavy (non-hydrogen) atoms. The predicted octanol–water partition coefficient (Wildman–Crippen LogP) is 7.63. The highest BCUT2D eigenvalue weighted by molar-refractivity contribution is 6.74. The number of hydrogen-bond donors (Lipinski definition) is 1. The van der Waals surface area contributed by atoms with Gasteiger partial charge in [-0.2, -0.15) is 0 Å². The van der Waals surface area contributed by atoms with Crippen molar-refractivity contribution in [3.8, 4) is 18.2 Å². The SMILES string of the molecule is C#CCn1cc(CC(N)C(=O)N2CC(C)(C)c3nc(O[Si](C)(C)C(C)(C)C)c(Cc4ccc(F)cc4)cc32)c2c(Cl)cccc21. The predicted molar refractivity (Wildman–Crippen MR) is 184 cm³/mol. The van der Waals surface area contributed by atoms with E-state index in [0.717, 1.165) is 39.0 Å². The van der Waals surface area contributed by atoms with Crippen molar-refractivity contribution in [3.05, 3.63) is 88.0 Å². The number of anilines is 1. The molecule has 0 saturated heterocycles. The van der Waals surface area contributed by atoms with Crippen molar-refractivity contribution in [2.45, 2.75) is 83.6 Å². The summed E-state index contributed by atoms with van der Waals surface area (Å²) in [4.78, 5) is 21.0. The lowest BCUT2D eigenvalue weighted by molar-refractivity contribution is -0.119. The van der Waals surface area contributed by atoms with Crippen molar-refractivity contribution in [2.24, 2.45) is 5.73 Å². The van der Waals surface area contributed by atoms with E-state index in [1.165, 1.54) is 12.1 Å². The number of carbonyl (C=O) groups is 1. The average Bonchev–Trinajstić information content (AvgIpc) is 3.43. The molecule has 0 spiro atoms. The largest absolute Gasteiger partial charge is 0.530 e. The van der Waals surface area contributed by atoms with Gasteiger partial charge in [0.15, 0.2) is 0 Å². The lowest BCUT2D eigenvalue weighted by atomic mass is 9.91. The summed E-state index contributed by atoms with van der Waals surface area (Å²) in [5, 5.41) is 1.40. The first-order valence-electron chi connectivity index (χ1n) is 15.3. The van der Waals surface area contributed by atoms with Crippen LogP contribution in [0.25, 0.3) is 10.9 Å². The Labute approximate surface area is 271 Å². The third-order valence-corrected chi connectivity index (χ3v) is 13.8. The summed E-state index contributed by atoms with van der Waals surface area (Å²) in [5.74, 6) is 2.77. The summed E-state index contributed by atoms with van der Waals surface area (Å²) >= 11 is 6.61. The zero-order chi connectivity index (χ0) is 32.9. The molecule has 0 bridgehead atoms. The van der Waals surface area contributed by atoms with Crippen LogP contribution in [-0.4, -0.2) is 36.4 Å². The van der Waals surface area contributed by atoms with Gasteiger partial charge < -0.3 is 19.6 Å². The van der Waals surface area contributed by atoms with Crippen molar-refractivity contribution in [3.63, 3.8) is 0 Å². The van der Waals surface area contributed by atoms with Crippen LogP contribution >= 0.6 is 11.6 Å². The molecular formula is C36H42ClFN4O2Si. The van der Waals surface area contributed by atoms with Gasteiger partial charge in [-0.1, -0.05) is 70.3 Å². The van der Waals surface area contributed by atoms with Gasteiger partial charge in [-0.15, -0.1) is 6.42 Å². The molecule has 1 aliphatic rings. The van der Waals surface area contributed by atoms with Gasteiger partial charge in [0.05, 0.1) is 34.5 Å². The third-order valence-electron chi connectivity index (χ3n) is 9.21. The third kappa shape index (κ3) is 6.39. The minimum Gasteiger partial charge on any atom is -0.530 e. The molecule has 3 heterocycles. The van der Waals surface area contributed by atoms with E-state index in [1.807, 2.05) is 35.0 Å². The number of nitrogens with two attached hydrogens (primary N) is 1. The number of halogens is 2. The molecule has 1 atom stereocenters. The fourth-order valence-corrected chi connectivity index (χ4v) is 6.97. The van der Waals surface area contributed by atoms with E-state index in [0.29, 0.717) is 36.8 Å². The first-order valence-corrected chi connectivity index (χ1v) is 18.6. The molecule has 4 aromatic rings. The molecule has 236 valence electrons. The Morgan fingerprint density at radius 2 is 1.89 bits per heavy atom. The molecule has 2 aromatic carbocycles. The number of hydrogen-bond acceptors (Lipinski definition) is 4. The van der Waals surface area contributed by atoms with E-state index in [4.69, 9.17) is 33.2 Å². The molecule has 1 aliphatic heterocycles. The van der Waals surface area contributed by atoms with Crippen LogP contribution in [0, 0.1) is 18.2 Å². The van der Waals surface area contributed by atoms with Crippen molar-refractivity contribution in [2.75, 3.05) is 11.4 Å². The molecule has 2 N–H and O–H groups in total. The van der Waals surface area contributed by atoms with Gasteiger partial charge >= 0.3 is 0 Å². The monoisotopic (exact) mass is 644 g/mol. The Bertz CT molecular complexity index is 1800. The van der Waals surface area contributed by atoms with Crippen LogP contribution in [0.1, 0.15) is 57.0 Å². The molecule has 0 fully saturated rings. The van der Waals surface area contributed by atoms with Crippen molar-refractivity contribution >= 4 is 42.4 Å². The second-order valence-corrected chi connectivity index (χ2v) is 19.4. The van der Waals surface area contributed by atoms with E-state index in [2.05, 4.69) is 53.6 Å². The highest BCUT2D eigenvalue weighted by Crippen LogP contribution is 2.44. The van der Waals surface area contributed by atoms with E-state index in [-0.39, 0.29) is 16.8 Å². The molecule has 0 aliphatic carbocycles. The van der Waals surface area contributed by atoms with Crippen LogP contribution in [0.3, 0.4) is 0 Å². The molecule has 6 nitrogen and oxygen atoms in total. The van der Waals surface area contributed by atoms with E-state index in [1.54, 1.807) is 17.0 Å². The fourth-order valence-electron chi connectivity index (χ4n) is 5.71. The normalized spacial score (nSPS) is 15.2. The van der Waals surface area contributed by atoms with E-state index < -0.39 is 19.8 Å². The number of carbonyl (C=O) groups excluding carboxylic acids is 1. The highest BCUT2D eigenvalue weighted by Gasteiger charge is 2.44. The molecule has 1 amide bonds. The zero-order valence-corrected chi connectivity index (χ0v) is 28.9. The molecule has 0 radical (unpaired) electrons. The number of aromatic nitrogens is 2. The Kier molecular flexibility index (Phi) is 8.69. The Hall–Kier alpha value is -3.64. The summed E-state index contributed by atoms with van der Waals surface area (Å²) in [6.07, 6.45) is 8.33. The average molecular weight is 645 g/mol. The molecule has 1 unspecified atom stereocenters. The number of amides is 1. The maximum Gasteiger partial charge on any atom is 0.252 e. The van der Waals surface area contributed by atoms with Gasteiger partial charge in [-0.3, -0.25) is 4.79 Å². The van der Waals surface area contributed by atoms with Crippen molar-refractivity contribution in [1.29, 1.82) is 0 Å². The number of rotatable bonds is 8. The molecular weight excluding hydrogens is 603 g/mol. The van der Waals surface area contributed by atoms with Gasteiger partial charge in [0.1, 0.15) is 5.82 Å². The topological polar surface area (TPSA) is 73.4 Å². The van der Waals surface area contributed by atoms with Crippen LogP contribution in [0.4, 0.5) is 10.1 Å². The number of pyridine rings is 1. The summed E-state index contributed by atoms with van der Waals surface area (Å²) in [6, 6.07) is 13.3. The number of fused-ring (bicyclic) bond motifs is 2. The molecule has 5 rings (SSSR count). The van der Waals surface area contributed by atoms with Gasteiger partial charge in [0, 0.05) is 35.5 Å². The van der Waals surface area contributed by atoms with Crippen LogP contribution in [0.15, 0.2) is 54.7 Å². The van der Waals surface area contributed by atoms with Crippen LogP contribution in [0.2, 0.25) is 23.2 Å². The smallest absolute Gasteiger partial charge is 0.252 e. The highest BCUT2D eigenvalue weighted by atomic mass is 35.5. The lowest BCUT2D eigenvalue weighted by Gasteiger charge is -2.36. The first-order chi connectivity index (χ1) is 21.0. The van der Waals surface area contributed by atoms with Gasteiger partial charge in [0.25, 0.3) is 8.32 Å². The van der Waals surface area contributed by atoms with E-state index in [9.17, 15) is 9.18 Å². The van der Waals surface area contributed by atoms with Gasteiger partial charge in [-0.25, -0.2) is 9.37 Å². The van der Waals surface area contributed by atoms with Crippen LogP contribution in [-0.2, 0) is 29.6 Å². The minimum absolute atomic E-state index is 0.0443. The van der Waals surface area contributed by atoms with Crippen LogP contribution in [0.5, 0.6) is 5.88 Å². The Morgan fingerprint density at radius 1 is 1.20 bits per heavy atom. The Balaban J connectivity index is 1.53. The summed E-state index contributed by atoms with van der Waals surface area (Å²) < 4.78 is 22.5. The lowest BCUT2D eigenvalue weighted by Crippen LogP contribution is -2.46. The number of nitrogens with zero attached hydrogens (tertiary/aromatic N) is 3. The molecule has 9 heteroatoms. The van der Waals surface area contributed by atoms with Gasteiger partial charge in [0.2, 0.25) is 11.8 Å². The van der Waals surface area contributed by atoms with Crippen LogP contribution < -0.4 is 15.1 Å². The minimum atomic E-state index is -2.26. The quantitative estimate of drug-likeness (QED) is 0.158. The van der Waals surface area contributed by atoms with Crippen molar-refractivity contribution in [1.82, 2.24) is 9.55 Å². The molecule has 0 saturated carbocycles. The standard InChI is InChI=1S/C36H42ClFN4O2Si/c1-9-17-41-21-25(31-27(37)11-10-12-29(31)41)19-28(39)34(43)42-22-36(5,6)32-30(42)20-24(18-23-13-15-26(38)16-14-23)33(40-32)44-45(7,8)35(2,3)4/h1,10-16,20-21,28H,17-19,22,39H2,2-8H3. The van der Waals surface area contributed by atoms with E-state index >= 15 is 0 Å². The molecule has 2 aromatic heterocycles. The maximum atomic E-state index is 14.1. The van der Waals surface area contributed by atoms with Crippen molar-refractivity contribution < 1.29 is 13.6 Å².